The van der Waals surface area contributed by atoms with Gasteiger partial charge in [0.25, 0.3) is 0 Å². The van der Waals surface area contributed by atoms with Crippen LogP contribution in [0.2, 0.25) is 0 Å². The van der Waals surface area contributed by atoms with E-state index in [1.165, 1.54) is 0 Å². The lowest BCUT2D eigenvalue weighted by molar-refractivity contribution is -0.130. The Hall–Kier alpha value is -0.360. The second-order valence-corrected chi connectivity index (χ2v) is 6.34. The lowest BCUT2D eigenvalue weighted by atomic mass is 10.4. The zero-order chi connectivity index (χ0) is 12.5. The van der Waals surface area contributed by atoms with Gasteiger partial charge in [-0.25, -0.2) is 0 Å². The van der Waals surface area contributed by atoms with E-state index in [1.807, 2.05) is 23.5 Å². The van der Waals surface area contributed by atoms with Gasteiger partial charge in [0, 0.05) is 56.0 Å². The highest BCUT2D eigenvalue weighted by Gasteiger charge is 2.09. The van der Waals surface area contributed by atoms with Crippen LogP contribution in [0.4, 0.5) is 0 Å². The Morgan fingerprint density at radius 1 is 1.06 bits per heavy atom. The highest BCUT2D eigenvalue weighted by Crippen LogP contribution is 2.10. The molecule has 2 amide bonds. The predicted molar refractivity (Wildman–Crippen MR) is 74.5 cm³/mol. The van der Waals surface area contributed by atoms with Crippen LogP contribution in [0.5, 0.6) is 0 Å². The summed E-state index contributed by atoms with van der Waals surface area (Å²) in [7, 11) is 1.79. The number of amides is 2. The second kappa shape index (κ2) is 8.69. The van der Waals surface area contributed by atoms with Gasteiger partial charge in [-0.2, -0.15) is 23.5 Å². The molecule has 1 saturated heterocycles. The van der Waals surface area contributed by atoms with E-state index < -0.39 is 0 Å². The van der Waals surface area contributed by atoms with Gasteiger partial charge in [-0.05, 0) is 0 Å². The molecule has 1 fully saturated rings. The molecule has 17 heavy (non-hydrogen) atoms. The monoisotopic (exact) mass is 276 g/mol. The normalized spacial score (nSPS) is 21.8. The Balaban J connectivity index is 2.35. The summed E-state index contributed by atoms with van der Waals surface area (Å²) in [4.78, 5) is 24.8. The van der Waals surface area contributed by atoms with Gasteiger partial charge in [-0.3, -0.25) is 9.59 Å². The maximum atomic E-state index is 11.7. The minimum atomic E-state index is 0.0862. The topological polar surface area (TPSA) is 49.4 Å². The molecule has 0 aromatic carbocycles. The van der Waals surface area contributed by atoms with Gasteiger partial charge in [-0.1, -0.05) is 0 Å². The second-order valence-electron chi connectivity index (χ2n) is 3.89. The molecule has 0 bridgehead atoms. The molecule has 1 aliphatic rings. The number of likely N-dealkylation sites (N-methyl/N-ethyl adjacent to an activating group) is 1. The average molecular weight is 276 g/mol. The van der Waals surface area contributed by atoms with Crippen LogP contribution >= 0.6 is 23.5 Å². The van der Waals surface area contributed by atoms with E-state index in [2.05, 4.69) is 5.32 Å². The molecule has 98 valence electrons. The minimum absolute atomic E-state index is 0.0862. The summed E-state index contributed by atoms with van der Waals surface area (Å²) < 4.78 is 0. The molecule has 0 aromatic rings. The Morgan fingerprint density at radius 3 is 2.41 bits per heavy atom. The van der Waals surface area contributed by atoms with Crippen LogP contribution in [-0.2, 0) is 9.59 Å². The maximum absolute atomic E-state index is 11.7. The largest absolute Gasteiger partial charge is 0.354 e. The van der Waals surface area contributed by atoms with Gasteiger partial charge >= 0.3 is 0 Å². The average Bonchev–Trinajstić information content (AvgIpc) is 2.31. The van der Waals surface area contributed by atoms with Crippen LogP contribution in [0.25, 0.3) is 0 Å². The fraction of sp³-hybridized carbons (Fsp3) is 0.818. The zero-order valence-electron chi connectivity index (χ0n) is 10.2. The van der Waals surface area contributed by atoms with Crippen molar-refractivity contribution >= 4 is 35.3 Å². The van der Waals surface area contributed by atoms with E-state index in [-0.39, 0.29) is 11.8 Å². The van der Waals surface area contributed by atoms with Gasteiger partial charge in [0.2, 0.25) is 11.8 Å². The zero-order valence-corrected chi connectivity index (χ0v) is 11.9. The molecule has 0 aromatic heterocycles. The standard InChI is InChI=1S/C11H20N2O2S2/c1-13-5-4-12-10(14)2-6-16-8-9-17-7-3-11(13)15/h2-9H2,1H3,(H,12,14). The van der Waals surface area contributed by atoms with Gasteiger partial charge in [0.05, 0.1) is 0 Å². The molecule has 1 heterocycles. The summed E-state index contributed by atoms with van der Waals surface area (Å²) >= 11 is 3.63. The Morgan fingerprint density at radius 2 is 1.71 bits per heavy atom. The Labute approximate surface area is 111 Å². The molecule has 0 atom stereocenters. The van der Waals surface area contributed by atoms with Crippen LogP contribution in [-0.4, -0.2) is 59.9 Å². The first-order chi connectivity index (χ1) is 8.20. The predicted octanol–water partition coefficient (Wildman–Crippen LogP) is 0.821. The summed E-state index contributed by atoms with van der Waals surface area (Å²) in [6.07, 6.45) is 1.17. The summed E-state index contributed by atoms with van der Waals surface area (Å²) in [6.45, 7) is 1.15. The molecule has 1 aliphatic heterocycles. The van der Waals surface area contributed by atoms with Crippen molar-refractivity contribution in [1.82, 2.24) is 10.2 Å². The van der Waals surface area contributed by atoms with Crippen molar-refractivity contribution in [3.05, 3.63) is 0 Å². The van der Waals surface area contributed by atoms with Crippen molar-refractivity contribution in [2.45, 2.75) is 12.8 Å². The molecule has 1 rings (SSSR count). The van der Waals surface area contributed by atoms with E-state index in [4.69, 9.17) is 0 Å². The van der Waals surface area contributed by atoms with Crippen molar-refractivity contribution in [3.8, 4) is 0 Å². The molecule has 1 N–H and O–H groups in total. The molecule has 0 spiro atoms. The molecule has 0 radical (unpaired) electrons. The lowest BCUT2D eigenvalue weighted by Crippen LogP contribution is -2.36. The third-order valence-corrected chi connectivity index (χ3v) is 4.73. The van der Waals surface area contributed by atoms with Crippen LogP contribution < -0.4 is 5.32 Å². The third kappa shape index (κ3) is 6.83. The van der Waals surface area contributed by atoms with Crippen molar-refractivity contribution in [2.24, 2.45) is 0 Å². The van der Waals surface area contributed by atoms with Crippen molar-refractivity contribution in [2.75, 3.05) is 43.1 Å². The number of carbonyl (C=O) groups excluding carboxylic acids is 2. The summed E-state index contributed by atoms with van der Waals surface area (Å²) in [5.41, 5.74) is 0. The molecular formula is C11H20N2O2S2. The first kappa shape index (κ1) is 14.7. The molecular weight excluding hydrogens is 256 g/mol. The van der Waals surface area contributed by atoms with Crippen LogP contribution in [0.3, 0.4) is 0 Å². The number of thioether (sulfide) groups is 2. The first-order valence-electron chi connectivity index (χ1n) is 5.86. The minimum Gasteiger partial charge on any atom is -0.354 e. The fourth-order valence-electron chi connectivity index (χ4n) is 1.41. The van der Waals surface area contributed by atoms with Crippen LogP contribution in [0, 0.1) is 0 Å². The van der Waals surface area contributed by atoms with E-state index in [9.17, 15) is 9.59 Å². The van der Waals surface area contributed by atoms with Gasteiger partial charge < -0.3 is 10.2 Å². The summed E-state index contributed by atoms with van der Waals surface area (Å²) in [5.74, 6) is 4.15. The number of nitrogens with zero attached hydrogens (tertiary/aromatic N) is 1. The Kier molecular flexibility index (Phi) is 7.51. The van der Waals surface area contributed by atoms with Crippen LogP contribution in [0.1, 0.15) is 12.8 Å². The molecule has 4 nitrogen and oxygen atoms in total. The fourth-order valence-corrected chi connectivity index (χ4v) is 3.41. The van der Waals surface area contributed by atoms with E-state index >= 15 is 0 Å². The summed E-state index contributed by atoms with van der Waals surface area (Å²) in [6, 6.07) is 0. The molecule has 0 unspecified atom stereocenters. The highest BCUT2D eigenvalue weighted by molar-refractivity contribution is 8.02. The quantitative estimate of drug-likeness (QED) is 0.712. The van der Waals surface area contributed by atoms with E-state index in [1.54, 1.807) is 11.9 Å². The van der Waals surface area contributed by atoms with Gasteiger partial charge in [-0.15, -0.1) is 0 Å². The number of carbonyl (C=O) groups is 2. The van der Waals surface area contributed by atoms with Crippen molar-refractivity contribution in [1.29, 1.82) is 0 Å². The highest BCUT2D eigenvalue weighted by atomic mass is 32.2. The number of hydrogen-bond donors (Lipinski definition) is 1. The number of rotatable bonds is 0. The first-order valence-corrected chi connectivity index (χ1v) is 8.17. The van der Waals surface area contributed by atoms with Crippen LogP contribution in [0.15, 0.2) is 0 Å². The maximum Gasteiger partial charge on any atom is 0.223 e. The van der Waals surface area contributed by atoms with Gasteiger partial charge in [0.15, 0.2) is 0 Å². The third-order valence-electron chi connectivity index (χ3n) is 2.50. The van der Waals surface area contributed by atoms with Crippen molar-refractivity contribution < 1.29 is 9.59 Å². The lowest BCUT2D eigenvalue weighted by Gasteiger charge is -2.17. The summed E-state index contributed by atoms with van der Waals surface area (Å²) in [5, 5.41) is 2.84. The SMILES string of the molecule is CN1CCNC(=O)CCSCCSCCC1=O. The number of hydrogen-bond acceptors (Lipinski definition) is 4. The van der Waals surface area contributed by atoms with E-state index in [0.717, 1.165) is 23.0 Å². The van der Waals surface area contributed by atoms with Gasteiger partial charge in [0.1, 0.15) is 0 Å². The van der Waals surface area contributed by atoms with E-state index in [0.29, 0.717) is 25.9 Å². The smallest absolute Gasteiger partial charge is 0.223 e. The Bertz CT molecular complexity index is 262. The molecule has 6 heteroatoms. The van der Waals surface area contributed by atoms with Crippen molar-refractivity contribution in [3.63, 3.8) is 0 Å². The number of nitrogens with one attached hydrogen (secondary N) is 1. The molecule has 0 saturated carbocycles. The molecule has 0 aliphatic carbocycles.